The van der Waals surface area contributed by atoms with Crippen LogP contribution in [0.2, 0.25) is 0 Å². The van der Waals surface area contributed by atoms with Crippen molar-refractivity contribution in [1.29, 1.82) is 0 Å². The molecule has 0 saturated carbocycles. The quantitative estimate of drug-likeness (QED) is 0.361. The van der Waals surface area contributed by atoms with Crippen molar-refractivity contribution < 1.29 is 37.5 Å². The average Bonchev–Trinajstić information content (AvgIpc) is 3.47. The van der Waals surface area contributed by atoms with Crippen LogP contribution < -0.4 is 16.0 Å². The predicted molar refractivity (Wildman–Crippen MR) is 113 cm³/mol. The lowest BCUT2D eigenvalue weighted by molar-refractivity contribution is -0.143. The third kappa shape index (κ3) is 6.25. The van der Waals surface area contributed by atoms with Gasteiger partial charge in [0.2, 0.25) is 0 Å². The Kier molecular flexibility index (Phi) is 7.90. The first-order valence-corrected chi connectivity index (χ1v) is 10.4. The summed E-state index contributed by atoms with van der Waals surface area (Å²) in [5, 5.41) is 7.76. The Morgan fingerprint density at radius 3 is 2.67 bits per heavy atom. The number of aryl methyl sites for hydroxylation is 1. The van der Waals surface area contributed by atoms with Gasteiger partial charge in [0.15, 0.2) is 5.76 Å². The van der Waals surface area contributed by atoms with E-state index in [-0.39, 0.29) is 49.1 Å². The van der Waals surface area contributed by atoms with Crippen LogP contribution in [0.15, 0.2) is 50.6 Å². The molecule has 1 aliphatic heterocycles. The van der Waals surface area contributed by atoms with Gasteiger partial charge in [-0.2, -0.15) is 0 Å². The molecule has 3 N–H and O–H groups in total. The highest BCUT2D eigenvalue weighted by molar-refractivity contribution is 5.95. The Labute approximate surface area is 189 Å². The van der Waals surface area contributed by atoms with Gasteiger partial charge in [-0.15, -0.1) is 0 Å². The van der Waals surface area contributed by atoms with Gasteiger partial charge in [0, 0.05) is 13.0 Å². The molecule has 176 valence electrons. The van der Waals surface area contributed by atoms with Crippen molar-refractivity contribution in [3.63, 3.8) is 0 Å². The van der Waals surface area contributed by atoms with E-state index in [2.05, 4.69) is 16.0 Å². The zero-order chi connectivity index (χ0) is 23.8. The van der Waals surface area contributed by atoms with Gasteiger partial charge in [-0.1, -0.05) is 0 Å². The number of furan rings is 2. The summed E-state index contributed by atoms with van der Waals surface area (Å²) in [7, 11) is 0. The van der Waals surface area contributed by atoms with E-state index in [1.54, 1.807) is 32.0 Å². The molecule has 0 fully saturated rings. The molecule has 11 nitrogen and oxygen atoms in total. The highest BCUT2D eigenvalue weighted by Gasteiger charge is 2.36. The molecule has 0 aromatic carbocycles. The fourth-order valence-electron chi connectivity index (χ4n) is 3.16. The second-order valence-electron chi connectivity index (χ2n) is 7.09. The standard InChI is InChI=1S/C22H25N3O8/c1-3-30-21(28)18-14(24-22(29)25-19(18)15-9-8-13(2)33-15)12-32-17(26)7-4-10-23-20(27)16-6-5-11-31-16/h5-6,8-9,11,19H,3-4,7,10,12H2,1-2H3,(H,23,27)(H2,24,25,29)/t19-/m0/s1. The monoisotopic (exact) mass is 459 g/mol. The number of urea groups is 1. The number of nitrogens with one attached hydrogen (secondary N) is 3. The smallest absolute Gasteiger partial charge is 0.338 e. The minimum absolute atomic E-state index is 0.0213. The van der Waals surface area contributed by atoms with Crippen LogP contribution in [-0.2, 0) is 19.1 Å². The molecule has 0 aliphatic carbocycles. The van der Waals surface area contributed by atoms with Crippen LogP contribution in [0.25, 0.3) is 0 Å². The summed E-state index contributed by atoms with van der Waals surface area (Å²) < 4.78 is 20.9. The second kappa shape index (κ2) is 11.0. The van der Waals surface area contributed by atoms with Gasteiger partial charge in [-0.05, 0) is 44.5 Å². The topological polar surface area (TPSA) is 149 Å². The Morgan fingerprint density at radius 1 is 1.18 bits per heavy atom. The zero-order valence-corrected chi connectivity index (χ0v) is 18.3. The normalized spacial score (nSPS) is 15.5. The molecule has 0 unspecified atom stereocenters. The number of ether oxygens (including phenoxy) is 2. The van der Waals surface area contributed by atoms with Crippen LogP contribution in [-0.4, -0.2) is 43.6 Å². The van der Waals surface area contributed by atoms with Crippen LogP contribution in [0, 0.1) is 6.92 Å². The number of amides is 3. The lowest BCUT2D eigenvalue weighted by atomic mass is 10.0. The number of hydrogen-bond donors (Lipinski definition) is 3. The van der Waals surface area contributed by atoms with Gasteiger partial charge in [0.25, 0.3) is 5.91 Å². The molecular formula is C22H25N3O8. The first-order valence-electron chi connectivity index (χ1n) is 10.4. The maximum Gasteiger partial charge on any atom is 0.338 e. The molecule has 0 bridgehead atoms. The van der Waals surface area contributed by atoms with Crippen molar-refractivity contribution in [3.05, 3.63) is 59.1 Å². The van der Waals surface area contributed by atoms with E-state index in [1.165, 1.54) is 12.3 Å². The van der Waals surface area contributed by atoms with Gasteiger partial charge in [-0.3, -0.25) is 9.59 Å². The van der Waals surface area contributed by atoms with E-state index in [0.717, 1.165) is 0 Å². The SMILES string of the molecule is CCOC(=O)C1=C(COC(=O)CCCNC(=O)c2ccco2)NC(=O)N[C@H]1c1ccc(C)o1. The van der Waals surface area contributed by atoms with Gasteiger partial charge in [0.1, 0.15) is 24.2 Å². The first-order chi connectivity index (χ1) is 15.9. The predicted octanol–water partition coefficient (Wildman–Crippen LogP) is 2.11. The molecule has 11 heteroatoms. The van der Waals surface area contributed by atoms with Gasteiger partial charge >= 0.3 is 18.0 Å². The largest absolute Gasteiger partial charge is 0.464 e. The summed E-state index contributed by atoms with van der Waals surface area (Å²) in [6.07, 6.45) is 1.74. The number of carbonyl (C=O) groups is 4. The molecule has 1 aliphatic rings. The van der Waals surface area contributed by atoms with Gasteiger partial charge in [0.05, 0.1) is 24.1 Å². The van der Waals surface area contributed by atoms with E-state index >= 15 is 0 Å². The molecule has 0 saturated heterocycles. The van der Waals surface area contributed by atoms with Crippen molar-refractivity contribution in [2.75, 3.05) is 19.8 Å². The second-order valence-corrected chi connectivity index (χ2v) is 7.09. The van der Waals surface area contributed by atoms with Crippen molar-refractivity contribution in [2.24, 2.45) is 0 Å². The summed E-state index contributed by atoms with van der Waals surface area (Å²) in [5.41, 5.74) is 0.194. The third-order valence-corrected chi connectivity index (χ3v) is 4.66. The Balaban J connectivity index is 1.60. The Hall–Kier alpha value is -4.02. The van der Waals surface area contributed by atoms with Crippen LogP contribution in [0.4, 0.5) is 4.79 Å². The number of carbonyl (C=O) groups excluding carboxylic acids is 4. The van der Waals surface area contributed by atoms with Crippen LogP contribution in [0.1, 0.15) is 47.9 Å². The van der Waals surface area contributed by atoms with E-state index in [0.29, 0.717) is 17.9 Å². The molecule has 3 rings (SSSR count). The van der Waals surface area contributed by atoms with Crippen molar-refractivity contribution in [3.8, 4) is 0 Å². The van der Waals surface area contributed by atoms with E-state index in [4.69, 9.17) is 18.3 Å². The average molecular weight is 459 g/mol. The molecule has 0 radical (unpaired) electrons. The molecule has 3 amide bonds. The minimum atomic E-state index is -0.892. The molecule has 3 heterocycles. The molecule has 33 heavy (non-hydrogen) atoms. The highest BCUT2D eigenvalue weighted by Crippen LogP contribution is 2.29. The first kappa shape index (κ1) is 23.6. The highest BCUT2D eigenvalue weighted by atomic mass is 16.5. The summed E-state index contributed by atoms with van der Waals surface area (Å²) in [4.78, 5) is 48.7. The summed E-state index contributed by atoms with van der Waals surface area (Å²) in [6, 6.07) is 5.01. The lowest BCUT2D eigenvalue weighted by Crippen LogP contribution is -2.47. The van der Waals surface area contributed by atoms with Crippen LogP contribution in [0.5, 0.6) is 0 Å². The fraction of sp³-hybridized carbons (Fsp3) is 0.364. The Morgan fingerprint density at radius 2 is 2.00 bits per heavy atom. The Bertz CT molecular complexity index is 1040. The zero-order valence-electron chi connectivity index (χ0n) is 18.3. The van der Waals surface area contributed by atoms with Crippen LogP contribution in [0.3, 0.4) is 0 Å². The molecule has 1 atom stereocenters. The van der Waals surface area contributed by atoms with E-state index < -0.39 is 24.0 Å². The summed E-state index contributed by atoms with van der Waals surface area (Å²) in [5.74, 6) is -0.477. The van der Waals surface area contributed by atoms with Crippen molar-refractivity contribution >= 4 is 23.9 Å². The number of rotatable bonds is 10. The third-order valence-electron chi connectivity index (χ3n) is 4.66. The lowest BCUT2D eigenvalue weighted by Gasteiger charge is -2.27. The number of esters is 2. The minimum Gasteiger partial charge on any atom is -0.464 e. The molecule has 2 aromatic rings. The molecule has 0 spiro atoms. The van der Waals surface area contributed by atoms with E-state index in [9.17, 15) is 19.2 Å². The fourth-order valence-corrected chi connectivity index (χ4v) is 3.16. The molecular weight excluding hydrogens is 434 g/mol. The van der Waals surface area contributed by atoms with Crippen LogP contribution >= 0.6 is 0 Å². The van der Waals surface area contributed by atoms with E-state index in [1.807, 2.05) is 0 Å². The maximum absolute atomic E-state index is 12.6. The number of hydrogen-bond acceptors (Lipinski definition) is 8. The summed E-state index contributed by atoms with van der Waals surface area (Å²) >= 11 is 0. The summed E-state index contributed by atoms with van der Waals surface area (Å²) in [6.45, 7) is 3.42. The van der Waals surface area contributed by atoms with Crippen molar-refractivity contribution in [1.82, 2.24) is 16.0 Å². The van der Waals surface area contributed by atoms with Crippen molar-refractivity contribution in [2.45, 2.75) is 32.7 Å². The molecule has 2 aromatic heterocycles. The maximum atomic E-state index is 12.6. The van der Waals surface area contributed by atoms with Gasteiger partial charge < -0.3 is 34.3 Å². The van der Waals surface area contributed by atoms with Gasteiger partial charge in [-0.25, -0.2) is 9.59 Å².